The summed E-state index contributed by atoms with van der Waals surface area (Å²) in [6, 6.07) is 0. The van der Waals surface area contributed by atoms with Crippen molar-refractivity contribution in [1.82, 2.24) is 15.0 Å². The van der Waals surface area contributed by atoms with Gasteiger partial charge >= 0.3 is 0 Å². The van der Waals surface area contributed by atoms with Gasteiger partial charge in [0.15, 0.2) is 0 Å². The van der Waals surface area contributed by atoms with E-state index in [1.807, 2.05) is 19.2 Å². The van der Waals surface area contributed by atoms with Crippen LogP contribution in [0.5, 0.6) is 0 Å². The Morgan fingerprint density at radius 1 is 1.39 bits per heavy atom. The van der Waals surface area contributed by atoms with Crippen LogP contribution in [0.15, 0.2) is 5.38 Å². The molecule has 0 fully saturated rings. The third kappa shape index (κ3) is 6.44. The van der Waals surface area contributed by atoms with Gasteiger partial charge in [-0.2, -0.15) is 0 Å². The lowest BCUT2D eigenvalue weighted by Gasteiger charge is -2.05. The lowest BCUT2D eigenvalue weighted by Crippen LogP contribution is -2.26. The monoisotopic (exact) mass is 291 g/mol. The number of hydrogen-bond acceptors (Lipinski definition) is 5. The fraction of sp³-hybridized carbons (Fsp3) is 0.727. The molecule has 0 atom stereocenters. The fourth-order valence-electron chi connectivity index (χ4n) is 1.46. The molecule has 0 spiro atoms. The van der Waals surface area contributed by atoms with Crippen LogP contribution < -0.4 is 10.0 Å². The van der Waals surface area contributed by atoms with Crippen molar-refractivity contribution in [2.45, 2.75) is 33.2 Å². The number of unbranched alkanes of at least 4 members (excludes halogenated alkanes) is 1. The first-order valence-corrected chi connectivity index (χ1v) is 8.66. The van der Waals surface area contributed by atoms with E-state index in [4.69, 9.17) is 0 Å². The van der Waals surface area contributed by atoms with Gasteiger partial charge < -0.3 is 5.32 Å². The molecule has 2 N–H and O–H groups in total. The number of aromatic nitrogens is 1. The van der Waals surface area contributed by atoms with E-state index in [1.165, 1.54) is 11.3 Å². The highest BCUT2D eigenvalue weighted by molar-refractivity contribution is 7.89. The normalized spacial score (nSPS) is 11.9. The quantitative estimate of drug-likeness (QED) is 0.672. The van der Waals surface area contributed by atoms with E-state index in [0.717, 1.165) is 30.2 Å². The molecule has 0 saturated carbocycles. The van der Waals surface area contributed by atoms with Crippen molar-refractivity contribution in [3.05, 3.63) is 16.1 Å². The summed E-state index contributed by atoms with van der Waals surface area (Å²) in [4.78, 5) is 4.22. The summed E-state index contributed by atoms with van der Waals surface area (Å²) in [7, 11) is -3.17. The molecule has 0 aromatic carbocycles. The number of nitrogens with one attached hydrogen (secondary N) is 2. The van der Waals surface area contributed by atoms with Crippen molar-refractivity contribution in [3.8, 4) is 0 Å². The molecule has 0 aliphatic carbocycles. The molecule has 0 saturated heterocycles. The van der Waals surface area contributed by atoms with Crippen molar-refractivity contribution in [2.24, 2.45) is 0 Å². The van der Waals surface area contributed by atoms with Gasteiger partial charge in [-0.15, -0.1) is 11.3 Å². The van der Waals surface area contributed by atoms with Gasteiger partial charge in [-0.25, -0.2) is 18.1 Å². The second-order valence-corrected chi connectivity index (χ2v) is 7.05. The third-order valence-electron chi connectivity index (χ3n) is 2.41. The van der Waals surface area contributed by atoms with Crippen LogP contribution in [0.4, 0.5) is 0 Å². The highest BCUT2D eigenvalue weighted by Gasteiger charge is 2.10. The lowest BCUT2D eigenvalue weighted by molar-refractivity contribution is 0.573. The highest BCUT2D eigenvalue weighted by atomic mass is 32.2. The maximum atomic E-state index is 11.7. The van der Waals surface area contributed by atoms with Gasteiger partial charge in [-0.05, 0) is 32.9 Å². The van der Waals surface area contributed by atoms with Gasteiger partial charge in [0, 0.05) is 5.38 Å². The van der Waals surface area contributed by atoms with Gasteiger partial charge in [-0.1, -0.05) is 6.92 Å². The first-order chi connectivity index (χ1) is 8.53. The Labute approximate surface area is 113 Å². The molecule has 0 aliphatic heterocycles. The first-order valence-electron chi connectivity index (χ1n) is 6.12. The number of thiazole rings is 1. The second kappa shape index (κ2) is 7.83. The van der Waals surface area contributed by atoms with Crippen molar-refractivity contribution in [3.63, 3.8) is 0 Å². The molecule has 7 heteroatoms. The van der Waals surface area contributed by atoms with Gasteiger partial charge in [0.2, 0.25) is 10.0 Å². The van der Waals surface area contributed by atoms with Crippen molar-refractivity contribution < 1.29 is 8.42 Å². The van der Waals surface area contributed by atoms with Crippen LogP contribution in [-0.4, -0.2) is 32.2 Å². The Morgan fingerprint density at radius 3 is 2.78 bits per heavy atom. The largest absolute Gasteiger partial charge is 0.317 e. The molecule has 0 amide bonds. The Balaban J connectivity index is 2.23. The molecular formula is C11H21N3O2S2. The predicted molar refractivity (Wildman–Crippen MR) is 75.3 cm³/mol. The zero-order chi connectivity index (χ0) is 13.4. The van der Waals surface area contributed by atoms with E-state index in [0.29, 0.717) is 13.0 Å². The molecule has 1 heterocycles. The molecule has 0 bridgehead atoms. The Kier molecular flexibility index (Phi) is 6.77. The molecule has 0 radical (unpaired) electrons. The van der Waals surface area contributed by atoms with E-state index < -0.39 is 10.0 Å². The minimum absolute atomic E-state index is 0.182. The van der Waals surface area contributed by atoms with Gasteiger partial charge in [-0.3, -0.25) is 0 Å². The van der Waals surface area contributed by atoms with Crippen LogP contribution in [0.25, 0.3) is 0 Å². The summed E-state index contributed by atoms with van der Waals surface area (Å²) in [5.74, 6) is 0.182. The molecular weight excluding hydrogens is 270 g/mol. The summed E-state index contributed by atoms with van der Waals surface area (Å²) in [5.41, 5.74) is 0.786. The van der Waals surface area contributed by atoms with E-state index in [2.05, 4.69) is 15.0 Å². The summed E-state index contributed by atoms with van der Waals surface area (Å²) in [5, 5.41) is 6.00. The van der Waals surface area contributed by atoms with E-state index in [-0.39, 0.29) is 5.75 Å². The number of sulfonamides is 1. The Bertz CT molecular complexity index is 443. The standard InChI is InChI=1S/C11H21N3O2S2/c1-3-12-6-4-5-7-18(15,16)13-8-11-9-17-10(2)14-11/h9,12-13H,3-8H2,1-2H3. The van der Waals surface area contributed by atoms with E-state index >= 15 is 0 Å². The summed E-state index contributed by atoms with van der Waals surface area (Å²) in [6.45, 7) is 6.03. The maximum Gasteiger partial charge on any atom is 0.211 e. The van der Waals surface area contributed by atoms with Crippen LogP contribution >= 0.6 is 11.3 Å². The molecule has 1 aromatic rings. The number of aryl methyl sites for hydroxylation is 1. The molecule has 0 aliphatic rings. The maximum absolute atomic E-state index is 11.7. The van der Waals surface area contributed by atoms with Crippen LogP contribution in [0.3, 0.4) is 0 Å². The van der Waals surface area contributed by atoms with Crippen molar-refractivity contribution >= 4 is 21.4 Å². The number of rotatable bonds is 9. The van der Waals surface area contributed by atoms with Crippen LogP contribution in [0, 0.1) is 6.92 Å². The second-order valence-electron chi connectivity index (χ2n) is 4.06. The van der Waals surface area contributed by atoms with E-state index in [9.17, 15) is 8.42 Å². The highest BCUT2D eigenvalue weighted by Crippen LogP contribution is 2.07. The van der Waals surface area contributed by atoms with E-state index in [1.54, 1.807) is 0 Å². The zero-order valence-electron chi connectivity index (χ0n) is 10.9. The number of hydrogen-bond donors (Lipinski definition) is 2. The van der Waals surface area contributed by atoms with Crippen LogP contribution in [-0.2, 0) is 16.6 Å². The Hall–Kier alpha value is -0.500. The number of nitrogens with zero attached hydrogens (tertiary/aromatic N) is 1. The summed E-state index contributed by atoms with van der Waals surface area (Å²) in [6.07, 6.45) is 1.56. The van der Waals surface area contributed by atoms with Crippen LogP contribution in [0.2, 0.25) is 0 Å². The minimum Gasteiger partial charge on any atom is -0.317 e. The van der Waals surface area contributed by atoms with Gasteiger partial charge in [0.05, 0.1) is 23.0 Å². The average Bonchev–Trinajstić information content (AvgIpc) is 2.73. The topological polar surface area (TPSA) is 71.1 Å². The minimum atomic E-state index is -3.17. The fourth-order valence-corrected chi connectivity index (χ4v) is 3.17. The Morgan fingerprint density at radius 2 is 2.17 bits per heavy atom. The average molecular weight is 291 g/mol. The lowest BCUT2D eigenvalue weighted by atomic mass is 10.3. The van der Waals surface area contributed by atoms with Crippen LogP contribution in [0.1, 0.15) is 30.5 Å². The smallest absolute Gasteiger partial charge is 0.211 e. The third-order valence-corrected chi connectivity index (χ3v) is 4.64. The zero-order valence-corrected chi connectivity index (χ0v) is 12.5. The SMILES string of the molecule is CCNCCCCS(=O)(=O)NCc1csc(C)n1. The van der Waals surface area contributed by atoms with Crippen molar-refractivity contribution in [2.75, 3.05) is 18.8 Å². The summed E-state index contributed by atoms with van der Waals surface area (Å²) < 4.78 is 26.0. The van der Waals surface area contributed by atoms with Crippen molar-refractivity contribution in [1.29, 1.82) is 0 Å². The summed E-state index contributed by atoms with van der Waals surface area (Å²) >= 11 is 1.53. The van der Waals surface area contributed by atoms with Gasteiger partial charge in [0.1, 0.15) is 0 Å². The predicted octanol–water partition coefficient (Wildman–Crippen LogP) is 1.26. The van der Waals surface area contributed by atoms with Gasteiger partial charge in [0.25, 0.3) is 0 Å². The molecule has 1 rings (SSSR count). The molecule has 5 nitrogen and oxygen atoms in total. The first kappa shape index (κ1) is 15.6. The molecule has 1 aromatic heterocycles. The molecule has 104 valence electrons. The molecule has 0 unspecified atom stereocenters. The molecule has 18 heavy (non-hydrogen) atoms.